The predicted molar refractivity (Wildman–Crippen MR) is 101 cm³/mol. The van der Waals surface area contributed by atoms with E-state index in [1.807, 2.05) is 55.5 Å². The van der Waals surface area contributed by atoms with E-state index in [0.717, 1.165) is 21.3 Å². The average Bonchev–Trinajstić information content (AvgIpc) is 2.58. The predicted octanol–water partition coefficient (Wildman–Crippen LogP) is 4.57. The van der Waals surface area contributed by atoms with Crippen LogP contribution < -0.4 is 10.6 Å². The molecule has 0 aliphatic rings. The average molecular weight is 405 g/mol. The van der Waals surface area contributed by atoms with Crippen LogP contribution in [0.25, 0.3) is 0 Å². The first-order valence-electron chi connectivity index (χ1n) is 8.04. The third-order valence-electron chi connectivity index (χ3n) is 3.62. The first-order chi connectivity index (χ1) is 12.0. The maximum Gasteiger partial charge on any atom is 0.407 e. The van der Waals surface area contributed by atoms with Crippen LogP contribution in [0.2, 0.25) is 0 Å². The van der Waals surface area contributed by atoms with Gasteiger partial charge in [0.1, 0.15) is 0 Å². The summed E-state index contributed by atoms with van der Waals surface area (Å²) in [6.45, 7) is 3.93. The van der Waals surface area contributed by atoms with Crippen LogP contribution in [-0.4, -0.2) is 18.6 Å². The first kappa shape index (κ1) is 19.0. The van der Waals surface area contributed by atoms with Gasteiger partial charge in [0, 0.05) is 10.2 Å². The van der Waals surface area contributed by atoms with Gasteiger partial charge in [-0.3, -0.25) is 4.79 Å². The molecule has 132 valence electrons. The molecule has 0 bridgehead atoms. The summed E-state index contributed by atoms with van der Waals surface area (Å²) in [7, 11) is 0. The molecular weight excluding hydrogens is 384 g/mol. The highest BCUT2D eigenvalue weighted by Crippen LogP contribution is 2.22. The topological polar surface area (TPSA) is 67.4 Å². The van der Waals surface area contributed by atoms with Crippen molar-refractivity contribution in [3.8, 4) is 0 Å². The van der Waals surface area contributed by atoms with E-state index in [2.05, 4.69) is 26.6 Å². The smallest absolute Gasteiger partial charge is 0.407 e. The summed E-state index contributed by atoms with van der Waals surface area (Å²) >= 11 is 3.40. The minimum atomic E-state index is -0.538. The van der Waals surface area contributed by atoms with Crippen LogP contribution in [0.4, 0.5) is 10.5 Å². The van der Waals surface area contributed by atoms with Gasteiger partial charge >= 0.3 is 6.09 Å². The fourth-order valence-corrected chi connectivity index (χ4v) is 2.88. The second-order valence-electron chi connectivity index (χ2n) is 5.54. The number of rotatable bonds is 6. The van der Waals surface area contributed by atoms with E-state index >= 15 is 0 Å². The number of benzene rings is 2. The Hall–Kier alpha value is -2.34. The number of hydrogen-bond donors (Lipinski definition) is 2. The van der Waals surface area contributed by atoms with Gasteiger partial charge < -0.3 is 15.4 Å². The summed E-state index contributed by atoms with van der Waals surface area (Å²) in [5.41, 5.74) is 2.55. The molecule has 2 N–H and O–H groups in total. The molecule has 0 aliphatic heterocycles. The highest BCUT2D eigenvalue weighted by atomic mass is 79.9. The lowest BCUT2D eigenvalue weighted by molar-refractivity contribution is -0.116. The number of nitrogens with one attached hydrogen (secondary N) is 2. The Morgan fingerprint density at radius 2 is 1.88 bits per heavy atom. The molecule has 0 aliphatic carbocycles. The summed E-state index contributed by atoms with van der Waals surface area (Å²) in [5, 5.41) is 5.64. The van der Waals surface area contributed by atoms with Crippen LogP contribution in [0.1, 0.15) is 30.5 Å². The minimum Gasteiger partial charge on any atom is -0.450 e. The summed E-state index contributed by atoms with van der Waals surface area (Å²) in [4.78, 5) is 24.2. The number of anilines is 1. The minimum absolute atomic E-state index is 0.109. The van der Waals surface area contributed by atoms with Crippen LogP contribution in [0, 0.1) is 6.92 Å². The normalized spacial score (nSPS) is 11.5. The van der Waals surface area contributed by atoms with E-state index in [1.165, 1.54) is 0 Å². The standard InChI is InChI=1S/C19H21BrN2O3/c1-3-25-19(24)22-17(14-7-5-4-6-8-14)12-18(23)21-16-10-9-15(20)11-13(16)2/h4-11,17H,3,12H2,1-2H3,(H,21,23)(H,22,24)/t17-/m1/s1. The molecule has 0 aromatic heterocycles. The maximum atomic E-state index is 12.5. The molecule has 0 unspecified atom stereocenters. The number of aryl methyl sites for hydroxylation is 1. The van der Waals surface area contributed by atoms with Crippen molar-refractivity contribution in [1.82, 2.24) is 5.32 Å². The van der Waals surface area contributed by atoms with Crippen molar-refractivity contribution >= 4 is 33.6 Å². The lowest BCUT2D eigenvalue weighted by Crippen LogP contribution is -2.32. The largest absolute Gasteiger partial charge is 0.450 e. The van der Waals surface area contributed by atoms with E-state index < -0.39 is 12.1 Å². The molecule has 2 amide bonds. The number of amides is 2. The Balaban J connectivity index is 2.09. The molecule has 1 atom stereocenters. The quantitative estimate of drug-likeness (QED) is 0.740. The first-order valence-corrected chi connectivity index (χ1v) is 8.83. The van der Waals surface area contributed by atoms with Gasteiger partial charge in [-0.1, -0.05) is 46.3 Å². The fraction of sp³-hybridized carbons (Fsp3) is 0.263. The highest BCUT2D eigenvalue weighted by molar-refractivity contribution is 9.10. The van der Waals surface area contributed by atoms with Gasteiger partial charge in [-0.15, -0.1) is 0 Å². The number of alkyl carbamates (subject to hydrolysis) is 1. The number of ether oxygens (including phenoxy) is 1. The number of hydrogen-bond acceptors (Lipinski definition) is 3. The van der Waals surface area contributed by atoms with Gasteiger partial charge in [0.25, 0.3) is 0 Å². The molecule has 25 heavy (non-hydrogen) atoms. The summed E-state index contributed by atoms with van der Waals surface area (Å²) in [6, 6.07) is 14.5. The van der Waals surface area contributed by atoms with E-state index in [1.54, 1.807) is 6.92 Å². The molecule has 2 aromatic carbocycles. The van der Waals surface area contributed by atoms with Gasteiger partial charge in [-0.2, -0.15) is 0 Å². The van der Waals surface area contributed by atoms with Crippen molar-refractivity contribution in [2.75, 3.05) is 11.9 Å². The maximum absolute atomic E-state index is 12.5. The van der Waals surface area contributed by atoms with E-state index in [4.69, 9.17) is 4.74 Å². The molecule has 0 radical (unpaired) electrons. The number of halogens is 1. The Kier molecular flexibility index (Phi) is 7.01. The lowest BCUT2D eigenvalue weighted by atomic mass is 10.0. The molecular formula is C19H21BrN2O3. The molecule has 0 fully saturated rings. The summed E-state index contributed by atoms with van der Waals surface area (Å²) in [6.07, 6.45) is -0.429. The zero-order valence-electron chi connectivity index (χ0n) is 14.2. The Morgan fingerprint density at radius 1 is 1.16 bits per heavy atom. The monoisotopic (exact) mass is 404 g/mol. The molecule has 0 saturated heterocycles. The second kappa shape index (κ2) is 9.22. The zero-order chi connectivity index (χ0) is 18.2. The van der Waals surface area contributed by atoms with E-state index in [9.17, 15) is 9.59 Å². The molecule has 2 aromatic rings. The van der Waals surface area contributed by atoms with Crippen LogP contribution in [-0.2, 0) is 9.53 Å². The van der Waals surface area contributed by atoms with Gasteiger partial charge in [0.2, 0.25) is 5.91 Å². The molecule has 2 rings (SSSR count). The van der Waals surface area contributed by atoms with Crippen molar-refractivity contribution in [3.63, 3.8) is 0 Å². The third-order valence-corrected chi connectivity index (χ3v) is 4.11. The highest BCUT2D eigenvalue weighted by Gasteiger charge is 2.19. The third kappa shape index (κ3) is 5.90. The van der Waals surface area contributed by atoms with Gasteiger partial charge in [-0.05, 0) is 43.2 Å². The molecule has 0 spiro atoms. The van der Waals surface area contributed by atoms with E-state index in [-0.39, 0.29) is 18.9 Å². The lowest BCUT2D eigenvalue weighted by Gasteiger charge is -2.19. The summed E-state index contributed by atoms with van der Waals surface area (Å²) < 4.78 is 5.89. The van der Waals surface area contributed by atoms with Crippen molar-refractivity contribution in [2.45, 2.75) is 26.3 Å². The number of carbonyl (C=O) groups excluding carboxylic acids is 2. The Labute approximate surface area is 155 Å². The van der Waals surface area contributed by atoms with Crippen molar-refractivity contribution in [1.29, 1.82) is 0 Å². The summed E-state index contributed by atoms with van der Waals surface area (Å²) in [5.74, 6) is -0.184. The molecule has 0 heterocycles. The molecule has 0 saturated carbocycles. The van der Waals surface area contributed by atoms with Gasteiger partial charge in [0.05, 0.1) is 19.1 Å². The SMILES string of the molecule is CCOC(=O)N[C@H](CC(=O)Nc1ccc(Br)cc1C)c1ccccc1. The Morgan fingerprint density at radius 3 is 2.52 bits per heavy atom. The van der Waals surface area contributed by atoms with Crippen LogP contribution in [0.15, 0.2) is 53.0 Å². The van der Waals surface area contributed by atoms with E-state index in [0.29, 0.717) is 0 Å². The van der Waals surface area contributed by atoms with Crippen LogP contribution >= 0.6 is 15.9 Å². The fourth-order valence-electron chi connectivity index (χ4n) is 2.41. The Bertz CT molecular complexity index is 735. The van der Waals surface area contributed by atoms with Gasteiger partial charge in [0.15, 0.2) is 0 Å². The van der Waals surface area contributed by atoms with Crippen molar-refractivity contribution in [3.05, 3.63) is 64.1 Å². The second-order valence-corrected chi connectivity index (χ2v) is 6.46. The van der Waals surface area contributed by atoms with Crippen LogP contribution in [0.3, 0.4) is 0 Å². The number of carbonyl (C=O) groups is 2. The zero-order valence-corrected chi connectivity index (χ0v) is 15.8. The van der Waals surface area contributed by atoms with Crippen LogP contribution in [0.5, 0.6) is 0 Å². The van der Waals surface area contributed by atoms with Crippen molar-refractivity contribution < 1.29 is 14.3 Å². The molecule has 6 heteroatoms. The van der Waals surface area contributed by atoms with Crippen molar-refractivity contribution in [2.24, 2.45) is 0 Å². The van der Waals surface area contributed by atoms with Gasteiger partial charge in [-0.25, -0.2) is 4.79 Å². The molecule has 5 nitrogen and oxygen atoms in total.